The van der Waals surface area contributed by atoms with Crippen LogP contribution in [-0.4, -0.2) is 26.5 Å². The lowest BCUT2D eigenvalue weighted by molar-refractivity contribution is -0.117. The first-order chi connectivity index (χ1) is 5.81. The Morgan fingerprint density at radius 3 is 2.38 bits per heavy atom. The number of Topliss-reactive ketones (excluding diaryl/α,β-unsaturated/α-hetero) is 1. The molecular formula is C7H14N2O3S. The van der Waals surface area contributed by atoms with E-state index in [4.69, 9.17) is 5.73 Å². The zero-order valence-corrected chi connectivity index (χ0v) is 8.52. The van der Waals surface area contributed by atoms with Crippen LogP contribution in [0.2, 0.25) is 0 Å². The summed E-state index contributed by atoms with van der Waals surface area (Å²) < 4.78 is 24.3. The smallest absolute Gasteiger partial charge is 0.221 e. The summed E-state index contributed by atoms with van der Waals surface area (Å²) in [5, 5.41) is -1.09. The third kappa shape index (κ3) is 3.56. The zero-order chi connectivity index (χ0) is 10.6. The fourth-order valence-electron chi connectivity index (χ4n) is 0.717. The van der Waals surface area contributed by atoms with Crippen LogP contribution >= 0.6 is 0 Å². The fourth-order valence-corrected chi connectivity index (χ4v) is 1.50. The molecule has 0 bridgehead atoms. The number of rotatable bonds is 5. The van der Waals surface area contributed by atoms with Gasteiger partial charge in [0.05, 0.1) is 0 Å². The molecule has 0 saturated carbocycles. The van der Waals surface area contributed by atoms with Gasteiger partial charge in [-0.2, -0.15) is 0 Å². The first kappa shape index (κ1) is 12.1. The molecule has 0 rings (SSSR count). The molecule has 3 N–H and O–H groups in total. The van der Waals surface area contributed by atoms with Gasteiger partial charge in [0.2, 0.25) is 10.0 Å². The minimum absolute atomic E-state index is 0.109. The van der Waals surface area contributed by atoms with E-state index < -0.39 is 21.1 Å². The Labute approximate surface area is 78.1 Å². The molecule has 0 aromatic carbocycles. The van der Waals surface area contributed by atoms with E-state index in [2.05, 4.69) is 11.3 Å². The van der Waals surface area contributed by atoms with Crippen LogP contribution in [0.3, 0.4) is 0 Å². The van der Waals surface area contributed by atoms with Gasteiger partial charge in [-0.05, 0) is 14.0 Å². The minimum Gasteiger partial charge on any atom is -0.402 e. The third-order valence-corrected chi connectivity index (χ3v) is 3.37. The van der Waals surface area contributed by atoms with Crippen molar-refractivity contribution < 1.29 is 13.2 Å². The maximum Gasteiger partial charge on any atom is 0.221 e. The van der Waals surface area contributed by atoms with Gasteiger partial charge in [0.25, 0.3) is 0 Å². The topological polar surface area (TPSA) is 89.3 Å². The number of hydrogen-bond acceptors (Lipinski definition) is 4. The first-order valence-corrected chi connectivity index (χ1v) is 5.24. The maximum absolute atomic E-state index is 11.2. The number of carbonyl (C=O) groups excluding carboxylic acids is 1. The average Bonchev–Trinajstić information content (AvgIpc) is 2.01. The number of allylic oxidation sites excluding steroid dienone is 1. The van der Waals surface area contributed by atoms with Gasteiger partial charge in [0.1, 0.15) is 5.25 Å². The monoisotopic (exact) mass is 206 g/mol. The van der Waals surface area contributed by atoms with Crippen molar-refractivity contribution in [1.82, 2.24) is 4.72 Å². The predicted octanol–water partition coefficient (Wildman–Crippen LogP) is -0.644. The Kier molecular flexibility index (Phi) is 4.09. The molecule has 0 radical (unpaired) electrons. The molecule has 0 aliphatic rings. The Bertz CT molecular complexity index is 308. The summed E-state index contributed by atoms with van der Waals surface area (Å²) in [5.74, 6) is -0.457. The molecule has 0 spiro atoms. The molecular weight excluding hydrogens is 192 g/mol. The van der Waals surface area contributed by atoms with Crippen molar-refractivity contribution in [2.24, 2.45) is 5.73 Å². The SMILES string of the molecule is C=C(N)CC(=O)C(C)S(=O)(=O)NC. The van der Waals surface area contributed by atoms with Crippen LogP contribution in [0.15, 0.2) is 12.3 Å². The fraction of sp³-hybridized carbons (Fsp3) is 0.571. The number of sulfonamides is 1. The van der Waals surface area contributed by atoms with E-state index in [1.165, 1.54) is 14.0 Å². The van der Waals surface area contributed by atoms with Crippen molar-refractivity contribution in [1.29, 1.82) is 0 Å². The standard InChI is InChI=1S/C7H14N2O3S/c1-5(8)4-7(10)6(2)13(11,12)9-3/h6,9H,1,4,8H2,2-3H3. The number of ketones is 1. The van der Waals surface area contributed by atoms with E-state index in [9.17, 15) is 13.2 Å². The van der Waals surface area contributed by atoms with Crippen LogP contribution in [0, 0.1) is 0 Å². The largest absolute Gasteiger partial charge is 0.402 e. The third-order valence-electron chi connectivity index (χ3n) is 1.60. The minimum atomic E-state index is -3.54. The normalized spacial score (nSPS) is 13.7. The summed E-state index contributed by atoms with van der Waals surface area (Å²) in [5.41, 5.74) is 5.35. The molecule has 76 valence electrons. The van der Waals surface area contributed by atoms with Crippen LogP contribution in [0.5, 0.6) is 0 Å². The quantitative estimate of drug-likeness (QED) is 0.626. The van der Waals surface area contributed by atoms with Crippen molar-refractivity contribution >= 4 is 15.8 Å². The molecule has 0 aromatic heterocycles. The van der Waals surface area contributed by atoms with Crippen molar-refractivity contribution in [3.63, 3.8) is 0 Å². The Morgan fingerprint density at radius 2 is 2.08 bits per heavy atom. The van der Waals surface area contributed by atoms with Gasteiger partial charge in [-0.1, -0.05) is 6.58 Å². The first-order valence-electron chi connectivity index (χ1n) is 3.69. The molecule has 0 aromatic rings. The van der Waals surface area contributed by atoms with E-state index in [1.54, 1.807) is 0 Å². The van der Waals surface area contributed by atoms with Gasteiger partial charge in [0.15, 0.2) is 5.78 Å². The van der Waals surface area contributed by atoms with Gasteiger partial charge in [-0.15, -0.1) is 0 Å². The number of hydrogen-bond donors (Lipinski definition) is 2. The molecule has 0 heterocycles. The molecule has 13 heavy (non-hydrogen) atoms. The Hall–Kier alpha value is -0.880. The summed E-state index contributed by atoms with van der Waals surface area (Å²) in [6.07, 6.45) is -0.109. The maximum atomic E-state index is 11.2. The number of nitrogens with one attached hydrogen (secondary N) is 1. The summed E-state index contributed by atoms with van der Waals surface area (Å²) >= 11 is 0. The Balaban J connectivity index is 4.53. The predicted molar refractivity (Wildman–Crippen MR) is 50.4 cm³/mol. The molecule has 0 aliphatic heterocycles. The van der Waals surface area contributed by atoms with Crippen molar-refractivity contribution in [2.75, 3.05) is 7.05 Å². The van der Waals surface area contributed by atoms with E-state index in [0.29, 0.717) is 0 Å². The lowest BCUT2D eigenvalue weighted by Crippen LogP contribution is -2.35. The van der Waals surface area contributed by atoms with Gasteiger partial charge < -0.3 is 5.73 Å². The molecule has 5 nitrogen and oxygen atoms in total. The highest BCUT2D eigenvalue weighted by Crippen LogP contribution is 2.04. The lowest BCUT2D eigenvalue weighted by atomic mass is 10.2. The molecule has 0 fully saturated rings. The van der Waals surface area contributed by atoms with Crippen LogP contribution in [0.4, 0.5) is 0 Å². The number of nitrogens with two attached hydrogens (primary N) is 1. The van der Waals surface area contributed by atoms with Gasteiger partial charge in [-0.25, -0.2) is 13.1 Å². The second-order valence-electron chi connectivity index (χ2n) is 2.69. The molecule has 6 heteroatoms. The lowest BCUT2D eigenvalue weighted by Gasteiger charge is -2.09. The summed E-state index contributed by atoms with van der Waals surface area (Å²) in [6, 6.07) is 0. The molecule has 0 saturated heterocycles. The van der Waals surface area contributed by atoms with Crippen molar-refractivity contribution in [2.45, 2.75) is 18.6 Å². The van der Waals surface area contributed by atoms with Crippen molar-refractivity contribution in [3.8, 4) is 0 Å². The van der Waals surface area contributed by atoms with E-state index in [-0.39, 0.29) is 12.1 Å². The highest BCUT2D eigenvalue weighted by Gasteiger charge is 2.25. The van der Waals surface area contributed by atoms with Gasteiger partial charge in [0, 0.05) is 12.1 Å². The Morgan fingerprint density at radius 1 is 1.62 bits per heavy atom. The highest BCUT2D eigenvalue weighted by atomic mass is 32.2. The van der Waals surface area contributed by atoms with Crippen LogP contribution < -0.4 is 10.5 Å². The summed E-state index contributed by atoms with van der Waals surface area (Å²) in [6.45, 7) is 4.64. The van der Waals surface area contributed by atoms with E-state index in [1.807, 2.05) is 0 Å². The molecule has 1 atom stereocenters. The van der Waals surface area contributed by atoms with Crippen LogP contribution in [0.25, 0.3) is 0 Å². The van der Waals surface area contributed by atoms with Crippen LogP contribution in [0.1, 0.15) is 13.3 Å². The second kappa shape index (κ2) is 4.38. The molecule has 0 amide bonds. The van der Waals surface area contributed by atoms with Gasteiger partial charge >= 0.3 is 0 Å². The molecule has 0 aliphatic carbocycles. The molecule has 1 unspecified atom stereocenters. The van der Waals surface area contributed by atoms with Crippen LogP contribution in [-0.2, 0) is 14.8 Å². The van der Waals surface area contributed by atoms with E-state index >= 15 is 0 Å². The van der Waals surface area contributed by atoms with E-state index in [0.717, 1.165) is 0 Å². The highest BCUT2D eigenvalue weighted by molar-refractivity contribution is 7.90. The number of carbonyl (C=O) groups is 1. The van der Waals surface area contributed by atoms with Crippen molar-refractivity contribution in [3.05, 3.63) is 12.3 Å². The second-order valence-corrected chi connectivity index (χ2v) is 4.90. The zero-order valence-electron chi connectivity index (χ0n) is 7.70. The summed E-state index contributed by atoms with van der Waals surface area (Å²) in [4.78, 5) is 11.2. The summed E-state index contributed by atoms with van der Waals surface area (Å²) in [7, 11) is -2.28. The van der Waals surface area contributed by atoms with Gasteiger partial charge in [-0.3, -0.25) is 4.79 Å². The average molecular weight is 206 g/mol.